The van der Waals surface area contributed by atoms with Crippen LogP contribution in [0.4, 0.5) is 5.95 Å². The van der Waals surface area contributed by atoms with Crippen molar-refractivity contribution >= 4 is 23.5 Å². The van der Waals surface area contributed by atoms with Gasteiger partial charge in [0.25, 0.3) is 0 Å². The Hall–Kier alpha value is -2.18. The van der Waals surface area contributed by atoms with Crippen LogP contribution in [0.2, 0.25) is 5.02 Å². The standard InChI is InChI=1S/C18H22ClN5O/c1-14(17(25)22-13-15-3-5-16(19)6-4-15)23-9-11-24(12-10-23)18-20-7-2-8-21-18/h2-8,14H,9-13H2,1H3,(H,22,25). The predicted molar refractivity (Wildman–Crippen MR) is 98.6 cm³/mol. The second-order valence-electron chi connectivity index (χ2n) is 6.09. The molecule has 1 aliphatic rings. The number of amides is 1. The number of halogens is 1. The summed E-state index contributed by atoms with van der Waals surface area (Å²) in [5, 5.41) is 3.69. The van der Waals surface area contributed by atoms with Crippen molar-refractivity contribution in [1.29, 1.82) is 0 Å². The Labute approximate surface area is 152 Å². The maximum atomic E-state index is 12.4. The van der Waals surface area contributed by atoms with Crippen molar-refractivity contribution in [2.45, 2.75) is 19.5 Å². The number of nitrogens with one attached hydrogen (secondary N) is 1. The molecule has 0 bridgehead atoms. The summed E-state index contributed by atoms with van der Waals surface area (Å²) in [6, 6.07) is 9.16. The van der Waals surface area contributed by atoms with Gasteiger partial charge in [-0.15, -0.1) is 0 Å². The van der Waals surface area contributed by atoms with E-state index in [-0.39, 0.29) is 11.9 Å². The van der Waals surface area contributed by atoms with Crippen LogP contribution in [-0.2, 0) is 11.3 Å². The highest BCUT2D eigenvalue weighted by atomic mass is 35.5. The number of piperazine rings is 1. The molecule has 1 saturated heterocycles. The fourth-order valence-corrected chi connectivity index (χ4v) is 2.99. The van der Waals surface area contributed by atoms with E-state index in [9.17, 15) is 4.79 Å². The molecule has 0 spiro atoms. The second-order valence-corrected chi connectivity index (χ2v) is 6.53. The Bertz CT molecular complexity index is 686. The van der Waals surface area contributed by atoms with Gasteiger partial charge in [0, 0.05) is 50.1 Å². The third kappa shape index (κ3) is 4.67. The molecule has 1 N–H and O–H groups in total. The van der Waals surface area contributed by atoms with Crippen LogP contribution in [-0.4, -0.2) is 53.0 Å². The van der Waals surface area contributed by atoms with Crippen LogP contribution in [0, 0.1) is 0 Å². The average Bonchev–Trinajstić information content (AvgIpc) is 2.67. The van der Waals surface area contributed by atoms with Gasteiger partial charge in [-0.2, -0.15) is 0 Å². The Kier molecular flexibility index (Phi) is 5.83. The van der Waals surface area contributed by atoms with Gasteiger partial charge in [0.1, 0.15) is 0 Å². The van der Waals surface area contributed by atoms with Crippen LogP contribution in [0.3, 0.4) is 0 Å². The summed E-state index contributed by atoms with van der Waals surface area (Å²) in [6.07, 6.45) is 3.50. The normalized spacial score (nSPS) is 16.5. The zero-order chi connectivity index (χ0) is 17.6. The maximum Gasteiger partial charge on any atom is 0.237 e. The van der Waals surface area contributed by atoms with Gasteiger partial charge in [0.2, 0.25) is 11.9 Å². The Morgan fingerprint density at radius 1 is 1.16 bits per heavy atom. The lowest BCUT2D eigenvalue weighted by molar-refractivity contribution is -0.126. The number of anilines is 1. The number of hydrogen-bond donors (Lipinski definition) is 1. The lowest BCUT2D eigenvalue weighted by atomic mass is 10.2. The largest absolute Gasteiger partial charge is 0.351 e. The van der Waals surface area contributed by atoms with Crippen molar-refractivity contribution < 1.29 is 4.79 Å². The minimum Gasteiger partial charge on any atom is -0.351 e. The first-order valence-electron chi connectivity index (χ1n) is 8.41. The van der Waals surface area contributed by atoms with Crippen LogP contribution in [0.25, 0.3) is 0 Å². The highest BCUT2D eigenvalue weighted by molar-refractivity contribution is 6.30. The van der Waals surface area contributed by atoms with E-state index in [1.807, 2.05) is 37.3 Å². The average molecular weight is 360 g/mol. The topological polar surface area (TPSA) is 61.4 Å². The molecule has 2 heterocycles. The third-order valence-electron chi connectivity index (χ3n) is 4.46. The Morgan fingerprint density at radius 3 is 2.44 bits per heavy atom. The molecular weight excluding hydrogens is 338 g/mol. The van der Waals surface area contributed by atoms with E-state index in [0.29, 0.717) is 11.6 Å². The van der Waals surface area contributed by atoms with E-state index < -0.39 is 0 Å². The second kappa shape index (κ2) is 8.27. The summed E-state index contributed by atoms with van der Waals surface area (Å²) >= 11 is 5.88. The zero-order valence-corrected chi connectivity index (χ0v) is 15.0. The summed E-state index contributed by atoms with van der Waals surface area (Å²) in [5.74, 6) is 0.793. The number of carbonyl (C=O) groups excluding carboxylic acids is 1. The fraction of sp³-hybridized carbons (Fsp3) is 0.389. The van der Waals surface area contributed by atoms with E-state index >= 15 is 0 Å². The highest BCUT2D eigenvalue weighted by Gasteiger charge is 2.26. The molecule has 132 valence electrons. The maximum absolute atomic E-state index is 12.4. The summed E-state index contributed by atoms with van der Waals surface area (Å²) < 4.78 is 0. The summed E-state index contributed by atoms with van der Waals surface area (Å²) in [7, 11) is 0. The molecule has 0 saturated carbocycles. The lowest BCUT2D eigenvalue weighted by Crippen LogP contribution is -2.54. The molecule has 1 amide bonds. The summed E-state index contributed by atoms with van der Waals surface area (Å²) in [5.41, 5.74) is 1.04. The molecule has 1 aliphatic heterocycles. The Morgan fingerprint density at radius 2 is 1.80 bits per heavy atom. The van der Waals surface area contributed by atoms with Gasteiger partial charge in [-0.25, -0.2) is 9.97 Å². The molecule has 25 heavy (non-hydrogen) atoms. The number of aromatic nitrogens is 2. The molecule has 1 atom stereocenters. The smallest absolute Gasteiger partial charge is 0.237 e. The molecule has 7 heteroatoms. The summed E-state index contributed by atoms with van der Waals surface area (Å²) in [4.78, 5) is 25.3. The van der Waals surface area contributed by atoms with Crippen molar-refractivity contribution in [2.24, 2.45) is 0 Å². The van der Waals surface area contributed by atoms with Gasteiger partial charge < -0.3 is 10.2 Å². The molecule has 1 fully saturated rings. The van der Waals surface area contributed by atoms with Gasteiger partial charge in [0.05, 0.1) is 6.04 Å². The van der Waals surface area contributed by atoms with E-state index in [1.165, 1.54) is 0 Å². The zero-order valence-electron chi connectivity index (χ0n) is 14.2. The number of nitrogens with zero attached hydrogens (tertiary/aromatic N) is 4. The monoisotopic (exact) mass is 359 g/mol. The number of carbonyl (C=O) groups is 1. The lowest BCUT2D eigenvalue weighted by Gasteiger charge is -2.37. The number of rotatable bonds is 5. The van der Waals surface area contributed by atoms with E-state index in [0.717, 1.165) is 37.7 Å². The Balaban J connectivity index is 1.47. The molecule has 3 rings (SSSR count). The molecule has 1 unspecified atom stereocenters. The number of hydrogen-bond acceptors (Lipinski definition) is 5. The van der Waals surface area contributed by atoms with Crippen molar-refractivity contribution in [3.05, 3.63) is 53.3 Å². The van der Waals surface area contributed by atoms with Gasteiger partial charge in [-0.1, -0.05) is 23.7 Å². The van der Waals surface area contributed by atoms with Crippen LogP contribution < -0.4 is 10.2 Å². The first-order chi connectivity index (χ1) is 12.1. The molecule has 6 nitrogen and oxygen atoms in total. The van der Waals surface area contributed by atoms with E-state index in [4.69, 9.17) is 11.6 Å². The van der Waals surface area contributed by atoms with Crippen molar-refractivity contribution in [2.75, 3.05) is 31.1 Å². The minimum absolute atomic E-state index is 0.0411. The van der Waals surface area contributed by atoms with E-state index in [2.05, 4.69) is 25.1 Å². The van der Waals surface area contributed by atoms with E-state index in [1.54, 1.807) is 12.4 Å². The van der Waals surface area contributed by atoms with Gasteiger partial charge in [-0.3, -0.25) is 9.69 Å². The van der Waals surface area contributed by atoms with Crippen molar-refractivity contribution in [3.63, 3.8) is 0 Å². The van der Waals surface area contributed by atoms with Crippen molar-refractivity contribution in [3.8, 4) is 0 Å². The highest BCUT2D eigenvalue weighted by Crippen LogP contribution is 2.12. The van der Waals surface area contributed by atoms with Crippen LogP contribution in [0.1, 0.15) is 12.5 Å². The van der Waals surface area contributed by atoms with Gasteiger partial charge in [0.15, 0.2) is 0 Å². The molecule has 0 radical (unpaired) electrons. The quantitative estimate of drug-likeness (QED) is 0.884. The predicted octanol–water partition coefficient (Wildman–Crippen LogP) is 1.96. The molecule has 2 aromatic rings. The van der Waals surface area contributed by atoms with Gasteiger partial charge in [-0.05, 0) is 30.7 Å². The van der Waals surface area contributed by atoms with Crippen LogP contribution in [0.5, 0.6) is 0 Å². The molecule has 1 aromatic carbocycles. The molecular formula is C18H22ClN5O. The van der Waals surface area contributed by atoms with Crippen LogP contribution in [0.15, 0.2) is 42.7 Å². The first-order valence-corrected chi connectivity index (χ1v) is 8.79. The first kappa shape index (κ1) is 17.6. The van der Waals surface area contributed by atoms with Crippen LogP contribution >= 0.6 is 11.6 Å². The number of benzene rings is 1. The minimum atomic E-state index is -0.161. The van der Waals surface area contributed by atoms with Crippen molar-refractivity contribution in [1.82, 2.24) is 20.2 Å². The SMILES string of the molecule is CC(C(=O)NCc1ccc(Cl)cc1)N1CCN(c2ncccn2)CC1. The molecule has 0 aliphatic carbocycles. The van der Waals surface area contributed by atoms with Gasteiger partial charge >= 0.3 is 0 Å². The fourth-order valence-electron chi connectivity index (χ4n) is 2.87. The molecule has 1 aromatic heterocycles. The third-order valence-corrected chi connectivity index (χ3v) is 4.71. The summed E-state index contributed by atoms with van der Waals surface area (Å²) in [6.45, 7) is 5.73.